The van der Waals surface area contributed by atoms with Crippen LogP contribution in [0.25, 0.3) is 0 Å². The van der Waals surface area contributed by atoms with Gasteiger partial charge in [0.05, 0.1) is 17.9 Å². The molecule has 1 aliphatic heterocycles. The van der Waals surface area contributed by atoms with Crippen LogP contribution in [-0.4, -0.2) is 51.7 Å². The van der Waals surface area contributed by atoms with Gasteiger partial charge in [-0.3, -0.25) is 9.59 Å². The van der Waals surface area contributed by atoms with Crippen LogP contribution in [0, 0.1) is 0 Å². The number of ketones is 1. The molecule has 108 valence electrons. The predicted octanol–water partition coefficient (Wildman–Crippen LogP) is 0.0389. The van der Waals surface area contributed by atoms with Gasteiger partial charge in [-0.05, 0) is 12.1 Å². The van der Waals surface area contributed by atoms with E-state index in [2.05, 4.69) is 0 Å². The van der Waals surface area contributed by atoms with Crippen molar-refractivity contribution in [3.63, 3.8) is 0 Å². The van der Waals surface area contributed by atoms with E-state index in [-0.39, 0.29) is 24.4 Å². The molecular weight excluding hydrogens is 284 g/mol. The third-order valence-corrected chi connectivity index (χ3v) is 4.78. The van der Waals surface area contributed by atoms with E-state index in [9.17, 15) is 18.0 Å². The average molecular weight is 298 g/mol. The van der Waals surface area contributed by atoms with E-state index >= 15 is 0 Å². The lowest BCUT2D eigenvalue weighted by molar-refractivity contribution is -0.113. The second-order valence-corrected chi connectivity index (χ2v) is 6.12. The molecule has 0 saturated carbocycles. The maximum Gasteiger partial charge on any atom is 0.314 e. The highest BCUT2D eigenvalue weighted by Gasteiger charge is 2.44. The number of methoxy groups -OCH3 is 1. The topological polar surface area (TPSA) is 84.0 Å². The molecule has 0 aliphatic carbocycles. The lowest BCUT2D eigenvalue weighted by Gasteiger charge is -2.23. The Morgan fingerprint density at radius 2 is 1.90 bits per heavy atom. The van der Waals surface area contributed by atoms with Gasteiger partial charge in [0, 0.05) is 20.7 Å². The molecule has 20 heavy (non-hydrogen) atoms. The molecule has 0 atom stereocenters. The number of rotatable bonds is 5. The molecule has 7 nitrogen and oxygen atoms in total. The third-order valence-electron chi connectivity index (χ3n) is 2.98. The van der Waals surface area contributed by atoms with Crippen molar-refractivity contribution in [2.45, 2.75) is 0 Å². The van der Waals surface area contributed by atoms with Crippen molar-refractivity contribution in [1.82, 2.24) is 4.31 Å². The average Bonchev–Trinajstić information content (AvgIpc) is 2.69. The zero-order valence-corrected chi connectivity index (χ0v) is 11.9. The van der Waals surface area contributed by atoms with Gasteiger partial charge in [-0.2, -0.15) is 17.0 Å². The number of carbonyl (C=O) groups excluding carboxylic acids is 2. The summed E-state index contributed by atoms with van der Waals surface area (Å²) >= 11 is 0. The van der Waals surface area contributed by atoms with E-state index in [0.29, 0.717) is 4.31 Å². The smallest absolute Gasteiger partial charge is 0.314 e. The molecule has 0 N–H and O–H groups in total. The number of ether oxygens (including phenoxy) is 1. The number of nitrogens with zero attached hydrogens (tertiary/aromatic N) is 2. The van der Waals surface area contributed by atoms with Crippen LogP contribution in [0.1, 0.15) is 10.4 Å². The standard InChI is InChI=1S/C12H14N2O5S/c1-13(7-8-19-2)20(17,18)14-10-6-4-3-5-9(10)11(15)12(14)16/h3-6H,7-8H2,1-2H3. The van der Waals surface area contributed by atoms with Crippen LogP contribution in [0.15, 0.2) is 24.3 Å². The van der Waals surface area contributed by atoms with Gasteiger partial charge in [-0.1, -0.05) is 12.1 Å². The van der Waals surface area contributed by atoms with Gasteiger partial charge in [0.2, 0.25) is 0 Å². The van der Waals surface area contributed by atoms with Crippen LogP contribution >= 0.6 is 0 Å². The SMILES string of the molecule is COCCN(C)S(=O)(=O)N1C(=O)C(=O)c2ccccc21. The molecule has 0 spiro atoms. The summed E-state index contributed by atoms with van der Waals surface area (Å²) in [5, 5.41) is 0. The zero-order chi connectivity index (χ0) is 14.9. The van der Waals surface area contributed by atoms with E-state index in [0.717, 1.165) is 4.31 Å². The van der Waals surface area contributed by atoms with Gasteiger partial charge in [-0.15, -0.1) is 0 Å². The molecule has 0 fully saturated rings. The number of hydrogen-bond acceptors (Lipinski definition) is 5. The highest BCUT2D eigenvalue weighted by Crippen LogP contribution is 2.31. The maximum atomic E-state index is 12.4. The maximum absolute atomic E-state index is 12.4. The van der Waals surface area contributed by atoms with Crippen LogP contribution in [-0.2, 0) is 19.7 Å². The van der Waals surface area contributed by atoms with Gasteiger partial charge >= 0.3 is 16.1 Å². The van der Waals surface area contributed by atoms with E-state index < -0.39 is 21.9 Å². The fourth-order valence-corrected chi connectivity index (χ4v) is 3.15. The molecule has 0 unspecified atom stereocenters. The summed E-state index contributed by atoms with van der Waals surface area (Å²) in [5.74, 6) is -1.88. The first-order valence-electron chi connectivity index (χ1n) is 5.84. The van der Waals surface area contributed by atoms with Crippen molar-refractivity contribution in [3.05, 3.63) is 29.8 Å². The molecule has 8 heteroatoms. The lowest BCUT2D eigenvalue weighted by atomic mass is 10.1. The van der Waals surface area contributed by atoms with Gasteiger partial charge in [0.25, 0.3) is 5.78 Å². The van der Waals surface area contributed by atoms with Crippen molar-refractivity contribution in [2.24, 2.45) is 0 Å². The highest BCUT2D eigenvalue weighted by atomic mass is 32.2. The van der Waals surface area contributed by atoms with Crippen molar-refractivity contribution in [1.29, 1.82) is 0 Å². The van der Waals surface area contributed by atoms with E-state index in [1.165, 1.54) is 26.3 Å². The molecule has 1 amide bonds. The molecule has 0 radical (unpaired) electrons. The van der Waals surface area contributed by atoms with Gasteiger partial charge < -0.3 is 4.74 Å². The van der Waals surface area contributed by atoms with E-state index in [1.807, 2.05) is 0 Å². The quantitative estimate of drug-likeness (QED) is 0.717. The fourth-order valence-electron chi connectivity index (χ4n) is 1.86. The monoisotopic (exact) mass is 298 g/mol. The fraction of sp³-hybridized carbons (Fsp3) is 0.333. The predicted molar refractivity (Wildman–Crippen MR) is 71.7 cm³/mol. The minimum Gasteiger partial charge on any atom is -0.383 e. The summed E-state index contributed by atoms with van der Waals surface area (Å²) < 4.78 is 31.1. The summed E-state index contributed by atoms with van der Waals surface area (Å²) in [5.41, 5.74) is 0.188. The Labute approximate surface area is 116 Å². The molecule has 1 aliphatic rings. The number of fused-ring (bicyclic) bond motifs is 1. The Hall–Kier alpha value is -1.77. The van der Waals surface area contributed by atoms with Crippen molar-refractivity contribution >= 4 is 27.6 Å². The largest absolute Gasteiger partial charge is 0.383 e. The summed E-state index contributed by atoms with van der Waals surface area (Å²) in [6.07, 6.45) is 0. The molecule has 0 aromatic heterocycles. The number of Topliss-reactive ketones (excluding diaryl/α,β-unsaturated/α-hetero) is 1. The minimum atomic E-state index is -4.09. The minimum absolute atomic E-state index is 0.0823. The van der Waals surface area contributed by atoms with Crippen LogP contribution < -0.4 is 4.31 Å². The third kappa shape index (κ3) is 2.21. The van der Waals surface area contributed by atoms with E-state index in [1.54, 1.807) is 12.1 Å². The molecule has 0 bridgehead atoms. The zero-order valence-electron chi connectivity index (χ0n) is 11.1. The number of amides is 1. The van der Waals surface area contributed by atoms with Crippen LogP contribution in [0.3, 0.4) is 0 Å². The summed E-state index contributed by atoms with van der Waals surface area (Å²) in [4.78, 5) is 23.7. The van der Waals surface area contributed by atoms with Crippen molar-refractivity contribution in [3.8, 4) is 0 Å². The van der Waals surface area contributed by atoms with Crippen LogP contribution in [0.5, 0.6) is 0 Å². The molecule has 1 heterocycles. The van der Waals surface area contributed by atoms with Crippen molar-refractivity contribution < 1.29 is 22.7 Å². The van der Waals surface area contributed by atoms with Crippen LogP contribution in [0.2, 0.25) is 0 Å². The summed E-state index contributed by atoms with van der Waals surface area (Å²) in [6, 6.07) is 6.01. The van der Waals surface area contributed by atoms with Crippen molar-refractivity contribution in [2.75, 3.05) is 31.6 Å². The number of para-hydroxylation sites is 1. The molecular formula is C12H14N2O5S. The molecule has 1 aromatic carbocycles. The Balaban J connectivity index is 2.42. The number of benzene rings is 1. The number of carbonyl (C=O) groups is 2. The molecule has 2 rings (SSSR count). The Bertz CT molecular complexity index is 656. The normalized spacial score (nSPS) is 15.1. The second kappa shape index (κ2) is 5.31. The molecule has 0 saturated heterocycles. The molecule has 1 aromatic rings. The Kier molecular flexibility index (Phi) is 3.89. The summed E-state index contributed by atoms with van der Waals surface area (Å²) in [7, 11) is -1.32. The Morgan fingerprint density at radius 3 is 2.55 bits per heavy atom. The van der Waals surface area contributed by atoms with Gasteiger partial charge in [0.15, 0.2) is 0 Å². The lowest BCUT2D eigenvalue weighted by Crippen LogP contribution is -2.45. The first kappa shape index (κ1) is 14.6. The first-order valence-corrected chi connectivity index (χ1v) is 7.24. The van der Waals surface area contributed by atoms with Crippen LogP contribution in [0.4, 0.5) is 5.69 Å². The second-order valence-electron chi connectivity index (χ2n) is 4.24. The Morgan fingerprint density at radius 1 is 1.25 bits per heavy atom. The van der Waals surface area contributed by atoms with E-state index in [4.69, 9.17) is 4.74 Å². The number of hydrogen-bond donors (Lipinski definition) is 0. The first-order chi connectivity index (χ1) is 9.41. The summed E-state index contributed by atoms with van der Waals surface area (Å²) in [6.45, 7) is 0.270. The number of anilines is 1. The van der Waals surface area contributed by atoms with Gasteiger partial charge in [-0.25, -0.2) is 0 Å². The van der Waals surface area contributed by atoms with Gasteiger partial charge in [0.1, 0.15) is 0 Å². The highest BCUT2D eigenvalue weighted by molar-refractivity contribution is 7.91. The number of likely N-dealkylation sites (N-methyl/N-ethyl adjacent to an activating group) is 1.